The Kier molecular flexibility index (Phi) is 3.61. The summed E-state index contributed by atoms with van der Waals surface area (Å²) in [5.41, 5.74) is 7.61. The van der Waals surface area contributed by atoms with Crippen molar-refractivity contribution in [1.82, 2.24) is 0 Å². The normalized spacial score (nSPS) is 17.7. The maximum absolute atomic E-state index is 6.50. The lowest BCUT2D eigenvalue weighted by atomic mass is 9.64. The lowest BCUT2D eigenvalue weighted by molar-refractivity contribution is 0.157. The molecule has 0 radical (unpaired) electrons. The molecule has 0 aromatic carbocycles. The molecule has 1 heteroatoms. The monoisotopic (exact) mass is 197 g/mol. The highest BCUT2D eigenvalue weighted by atomic mass is 14.8. The molecule has 14 heavy (non-hydrogen) atoms. The van der Waals surface area contributed by atoms with Gasteiger partial charge in [-0.3, -0.25) is 0 Å². The fraction of sp³-hybridized carbons (Fsp3) is 0.846. The van der Waals surface area contributed by atoms with Gasteiger partial charge < -0.3 is 5.73 Å². The average Bonchev–Trinajstić information content (AvgIpc) is 1.79. The molecule has 1 nitrogen and oxygen atoms in total. The third kappa shape index (κ3) is 3.13. The minimum atomic E-state index is -0.273. The van der Waals surface area contributed by atoms with Crippen molar-refractivity contribution in [1.29, 1.82) is 0 Å². The lowest BCUT2D eigenvalue weighted by Gasteiger charge is -2.46. The predicted octanol–water partition coefficient (Wildman–Crippen LogP) is 3.74. The van der Waals surface area contributed by atoms with Crippen molar-refractivity contribution in [3.63, 3.8) is 0 Å². The van der Waals surface area contributed by atoms with Crippen LogP contribution >= 0.6 is 0 Å². The Morgan fingerprint density at radius 2 is 1.43 bits per heavy atom. The molecule has 0 saturated heterocycles. The molecule has 84 valence electrons. The van der Waals surface area contributed by atoms with E-state index >= 15 is 0 Å². The van der Waals surface area contributed by atoms with E-state index in [1.165, 1.54) is 0 Å². The third-order valence-electron chi connectivity index (χ3n) is 2.91. The lowest BCUT2D eigenvalue weighted by Crippen LogP contribution is -2.54. The van der Waals surface area contributed by atoms with Crippen LogP contribution in [-0.4, -0.2) is 5.54 Å². The minimum absolute atomic E-state index is 0.0616. The molecule has 2 N–H and O–H groups in total. The second kappa shape index (κ2) is 3.69. The number of rotatable bonds is 2. The van der Waals surface area contributed by atoms with Crippen LogP contribution in [0.15, 0.2) is 12.2 Å². The Bertz CT molecular complexity index is 214. The van der Waals surface area contributed by atoms with Crippen LogP contribution in [0.2, 0.25) is 0 Å². The van der Waals surface area contributed by atoms with Gasteiger partial charge in [-0.2, -0.15) is 0 Å². The second-order valence-corrected chi connectivity index (χ2v) is 6.74. The van der Waals surface area contributed by atoms with Gasteiger partial charge in [0.15, 0.2) is 0 Å². The number of hydrogen-bond donors (Lipinski definition) is 1. The fourth-order valence-corrected chi connectivity index (χ4v) is 1.89. The van der Waals surface area contributed by atoms with E-state index < -0.39 is 0 Å². The van der Waals surface area contributed by atoms with E-state index in [1.807, 2.05) is 6.92 Å². The van der Waals surface area contributed by atoms with E-state index in [0.29, 0.717) is 0 Å². The molecule has 0 saturated carbocycles. The van der Waals surface area contributed by atoms with Gasteiger partial charge in [-0.1, -0.05) is 53.7 Å². The molecule has 0 amide bonds. The van der Waals surface area contributed by atoms with Gasteiger partial charge >= 0.3 is 0 Å². The first-order valence-electron chi connectivity index (χ1n) is 5.35. The SMILES string of the molecule is C=C(C)C(N)(CC(C)(C)C)C(C)(C)C. The Morgan fingerprint density at radius 1 is 1.07 bits per heavy atom. The highest BCUT2D eigenvalue weighted by molar-refractivity contribution is 5.19. The summed E-state index contributed by atoms with van der Waals surface area (Å²) in [4.78, 5) is 0. The van der Waals surface area contributed by atoms with Crippen LogP contribution in [-0.2, 0) is 0 Å². The zero-order chi connectivity index (χ0) is 11.8. The zero-order valence-corrected chi connectivity index (χ0v) is 11.0. The van der Waals surface area contributed by atoms with Crippen molar-refractivity contribution < 1.29 is 0 Å². The fourth-order valence-electron chi connectivity index (χ4n) is 1.89. The van der Waals surface area contributed by atoms with Crippen molar-refractivity contribution in [3.8, 4) is 0 Å². The largest absolute Gasteiger partial charge is 0.321 e. The summed E-state index contributed by atoms with van der Waals surface area (Å²) in [5, 5.41) is 0. The molecule has 0 spiro atoms. The number of hydrogen-bond acceptors (Lipinski definition) is 1. The molecule has 0 aromatic rings. The van der Waals surface area contributed by atoms with E-state index in [2.05, 4.69) is 48.1 Å². The quantitative estimate of drug-likeness (QED) is 0.670. The van der Waals surface area contributed by atoms with Crippen LogP contribution in [0.5, 0.6) is 0 Å². The molecular weight excluding hydrogens is 170 g/mol. The highest BCUT2D eigenvalue weighted by Gasteiger charge is 2.41. The van der Waals surface area contributed by atoms with Gasteiger partial charge in [0.25, 0.3) is 0 Å². The molecule has 0 aliphatic carbocycles. The van der Waals surface area contributed by atoms with E-state index in [-0.39, 0.29) is 16.4 Å². The molecule has 1 atom stereocenters. The zero-order valence-electron chi connectivity index (χ0n) is 11.0. The third-order valence-corrected chi connectivity index (χ3v) is 2.91. The molecule has 0 aromatic heterocycles. The Morgan fingerprint density at radius 3 is 1.50 bits per heavy atom. The molecule has 0 aliphatic heterocycles. The van der Waals surface area contributed by atoms with Crippen molar-refractivity contribution in [2.75, 3.05) is 0 Å². The molecule has 0 heterocycles. The van der Waals surface area contributed by atoms with E-state index in [4.69, 9.17) is 5.73 Å². The maximum atomic E-state index is 6.50. The summed E-state index contributed by atoms with van der Waals surface area (Å²) >= 11 is 0. The van der Waals surface area contributed by atoms with Gasteiger partial charge in [0.1, 0.15) is 0 Å². The van der Waals surface area contributed by atoms with Gasteiger partial charge in [-0.25, -0.2) is 0 Å². The Hall–Kier alpha value is -0.300. The smallest absolute Gasteiger partial charge is 0.0417 e. The Labute approximate surface area is 89.8 Å². The standard InChI is InChI=1S/C13H27N/c1-10(2)13(14,12(6,7)8)9-11(3,4)5/h1,9,14H2,2-8H3. The summed E-state index contributed by atoms with van der Waals surface area (Å²) < 4.78 is 0. The van der Waals surface area contributed by atoms with Crippen LogP contribution < -0.4 is 5.73 Å². The van der Waals surface area contributed by atoms with Gasteiger partial charge in [0, 0.05) is 5.54 Å². The molecule has 1 unspecified atom stereocenters. The first kappa shape index (κ1) is 13.7. The molecular formula is C13H27N. The van der Waals surface area contributed by atoms with Crippen molar-refractivity contribution >= 4 is 0 Å². The summed E-state index contributed by atoms with van der Waals surface area (Å²) in [5.74, 6) is 0. The van der Waals surface area contributed by atoms with Crippen molar-refractivity contribution in [2.45, 2.75) is 60.4 Å². The van der Waals surface area contributed by atoms with E-state index in [1.54, 1.807) is 0 Å². The van der Waals surface area contributed by atoms with Crippen molar-refractivity contribution in [2.24, 2.45) is 16.6 Å². The predicted molar refractivity (Wildman–Crippen MR) is 65.3 cm³/mol. The van der Waals surface area contributed by atoms with Gasteiger partial charge in [-0.05, 0) is 24.2 Å². The molecule has 0 aliphatic rings. The van der Waals surface area contributed by atoms with Crippen LogP contribution in [0.1, 0.15) is 54.9 Å². The Balaban J connectivity index is 5.04. The second-order valence-electron chi connectivity index (χ2n) is 6.74. The first-order chi connectivity index (χ1) is 5.90. The van der Waals surface area contributed by atoms with Crippen LogP contribution in [0.25, 0.3) is 0 Å². The highest BCUT2D eigenvalue weighted by Crippen LogP contribution is 2.41. The van der Waals surface area contributed by atoms with Crippen LogP contribution in [0.3, 0.4) is 0 Å². The first-order valence-corrected chi connectivity index (χ1v) is 5.35. The van der Waals surface area contributed by atoms with E-state index in [0.717, 1.165) is 12.0 Å². The van der Waals surface area contributed by atoms with Crippen LogP contribution in [0, 0.1) is 10.8 Å². The minimum Gasteiger partial charge on any atom is -0.321 e. The average molecular weight is 197 g/mol. The summed E-state index contributed by atoms with van der Waals surface area (Å²) in [6.45, 7) is 19.3. The van der Waals surface area contributed by atoms with Gasteiger partial charge in [0.2, 0.25) is 0 Å². The van der Waals surface area contributed by atoms with E-state index in [9.17, 15) is 0 Å². The molecule has 0 fully saturated rings. The maximum Gasteiger partial charge on any atom is 0.0417 e. The topological polar surface area (TPSA) is 26.0 Å². The molecule has 0 rings (SSSR count). The van der Waals surface area contributed by atoms with Gasteiger partial charge in [-0.15, -0.1) is 0 Å². The number of nitrogens with two attached hydrogens (primary N) is 1. The summed E-state index contributed by atoms with van der Waals surface area (Å²) in [7, 11) is 0. The molecule has 0 bridgehead atoms. The van der Waals surface area contributed by atoms with Crippen molar-refractivity contribution in [3.05, 3.63) is 12.2 Å². The van der Waals surface area contributed by atoms with Gasteiger partial charge in [0.05, 0.1) is 0 Å². The van der Waals surface area contributed by atoms with Crippen LogP contribution in [0.4, 0.5) is 0 Å². The summed E-state index contributed by atoms with van der Waals surface area (Å²) in [6.07, 6.45) is 0.971. The summed E-state index contributed by atoms with van der Waals surface area (Å²) in [6, 6.07) is 0.